The lowest BCUT2D eigenvalue weighted by Gasteiger charge is -2.24. The number of rotatable bonds is 2. The number of nitrogens with zero attached hydrogens (tertiary/aromatic N) is 2. The number of aromatic nitrogens is 1. The second-order valence-corrected chi connectivity index (χ2v) is 6.18. The molecule has 1 aromatic heterocycles. The molecule has 0 N–H and O–H groups in total. The highest BCUT2D eigenvalue weighted by Gasteiger charge is 2.37. The first kappa shape index (κ1) is 14.4. The Morgan fingerprint density at radius 1 is 1.33 bits per heavy atom. The van der Waals surface area contributed by atoms with Crippen molar-refractivity contribution in [2.45, 2.75) is 12.3 Å². The number of anilines is 1. The van der Waals surface area contributed by atoms with Crippen LogP contribution in [0.3, 0.4) is 0 Å². The SMILES string of the molecule is Cc1cccc(N2C(=O)CSC2c2c(F)cccc2Cl)n1. The van der Waals surface area contributed by atoms with Crippen LogP contribution >= 0.6 is 23.4 Å². The molecule has 1 unspecified atom stereocenters. The van der Waals surface area contributed by atoms with Crippen molar-refractivity contribution in [1.29, 1.82) is 0 Å². The Morgan fingerprint density at radius 2 is 2.10 bits per heavy atom. The number of benzene rings is 1. The van der Waals surface area contributed by atoms with Gasteiger partial charge < -0.3 is 0 Å². The summed E-state index contributed by atoms with van der Waals surface area (Å²) in [5.41, 5.74) is 1.13. The number of amides is 1. The molecule has 0 radical (unpaired) electrons. The normalized spacial score (nSPS) is 18.3. The average Bonchev–Trinajstić information content (AvgIpc) is 2.80. The Bertz CT molecular complexity index is 690. The lowest BCUT2D eigenvalue weighted by atomic mass is 10.2. The summed E-state index contributed by atoms with van der Waals surface area (Å²) in [4.78, 5) is 18.1. The summed E-state index contributed by atoms with van der Waals surface area (Å²) in [6, 6.07) is 9.96. The smallest absolute Gasteiger partial charge is 0.239 e. The largest absolute Gasteiger partial charge is 0.279 e. The van der Waals surface area contributed by atoms with E-state index >= 15 is 0 Å². The predicted molar refractivity (Wildman–Crippen MR) is 83.1 cm³/mol. The maximum absolute atomic E-state index is 14.1. The van der Waals surface area contributed by atoms with Gasteiger partial charge in [-0.15, -0.1) is 11.8 Å². The van der Waals surface area contributed by atoms with Crippen LogP contribution in [0.25, 0.3) is 0 Å². The molecule has 21 heavy (non-hydrogen) atoms. The van der Waals surface area contributed by atoms with Gasteiger partial charge in [0.2, 0.25) is 5.91 Å². The molecule has 1 aliphatic heterocycles. The lowest BCUT2D eigenvalue weighted by molar-refractivity contribution is -0.115. The fraction of sp³-hybridized carbons (Fsp3) is 0.200. The lowest BCUT2D eigenvalue weighted by Crippen LogP contribution is -2.29. The average molecular weight is 323 g/mol. The van der Waals surface area contributed by atoms with Crippen LogP contribution < -0.4 is 4.90 Å². The quantitative estimate of drug-likeness (QED) is 0.839. The molecule has 0 aliphatic carbocycles. The number of pyridine rings is 1. The van der Waals surface area contributed by atoms with E-state index < -0.39 is 11.2 Å². The van der Waals surface area contributed by atoms with E-state index in [2.05, 4.69) is 4.98 Å². The third-order valence-electron chi connectivity index (χ3n) is 3.23. The van der Waals surface area contributed by atoms with E-state index in [9.17, 15) is 9.18 Å². The van der Waals surface area contributed by atoms with Crippen molar-refractivity contribution in [2.75, 3.05) is 10.7 Å². The van der Waals surface area contributed by atoms with Gasteiger partial charge in [-0.25, -0.2) is 9.37 Å². The first-order valence-electron chi connectivity index (χ1n) is 6.39. The van der Waals surface area contributed by atoms with Crippen LogP contribution in [0.4, 0.5) is 10.2 Å². The summed E-state index contributed by atoms with van der Waals surface area (Å²) in [5.74, 6) is 0.300. The molecule has 2 heterocycles. The Balaban J connectivity index is 2.08. The first-order chi connectivity index (χ1) is 10.1. The number of halogens is 2. The Kier molecular flexibility index (Phi) is 3.87. The minimum absolute atomic E-state index is 0.0950. The topological polar surface area (TPSA) is 33.2 Å². The molecule has 1 fully saturated rings. The highest BCUT2D eigenvalue weighted by atomic mass is 35.5. The van der Waals surface area contributed by atoms with E-state index in [-0.39, 0.29) is 11.7 Å². The van der Waals surface area contributed by atoms with E-state index in [1.165, 1.54) is 22.7 Å². The van der Waals surface area contributed by atoms with Gasteiger partial charge in [-0.05, 0) is 31.2 Å². The van der Waals surface area contributed by atoms with Crippen molar-refractivity contribution >= 4 is 35.1 Å². The van der Waals surface area contributed by atoms with Crippen molar-refractivity contribution < 1.29 is 9.18 Å². The minimum atomic E-state index is -0.486. The third kappa shape index (κ3) is 2.63. The van der Waals surface area contributed by atoms with Crippen molar-refractivity contribution in [2.24, 2.45) is 0 Å². The molecule has 3 rings (SSSR count). The zero-order valence-electron chi connectivity index (χ0n) is 11.2. The molecule has 3 nitrogen and oxygen atoms in total. The van der Waals surface area contributed by atoms with E-state index in [1.54, 1.807) is 18.2 Å². The van der Waals surface area contributed by atoms with Crippen LogP contribution in [0.1, 0.15) is 16.6 Å². The molecule has 108 valence electrons. The number of carbonyl (C=O) groups excluding carboxylic acids is 1. The fourth-order valence-corrected chi connectivity index (χ4v) is 3.85. The second-order valence-electron chi connectivity index (χ2n) is 4.70. The van der Waals surface area contributed by atoms with Crippen LogP contribution in [0.5, 0.6) is 0 Å². The maximum atomic E-state index is 14.1. The van der Waals surface area contributed by atoms with Gasteiger partial charge in [0.25, 0.3) is 0 Å². The molecular weight excluding hydrogens is 311 g/mol. The number of hydrogen-bond acceptors (Lipinski definition) is 3. The van der Waals surface area contributed by atoms with Crippen LogP contribution in [0, 0.1) is 12.7 Å². The van der Waals surface area contributed by atoms with Crippen LogP contribution in [-0.4, -0.2) is 16.6 Å². The molecule has 6 heteroatoms. The number of thioether (sulfide) groups is 1. The number of aryl methyl sites for hydroxylation is 1. The summed E-state index contributed by atoms with van der Waals surface area (Å²) in [6.45, 7) is 1.85. The molecule has 0 spiro atoms. The van der Waals surface area contributed by atoms with Gasteiger partial charge in [0.1, 0.15) is 17.0 Å². The fourth-order valence-electron chi connectivity index (χ4n) is 2.29. The van der Waals surface area contributed by atoms with Gasteiger partial charge in [-0.2, -0.15) is 0 Å². The van der Waals surface area contributed by atoms with Gasteiger partial charge >= 0.3 is 0 Å². The van der Waals surface area contributed by atoms with Crippen LogP contribution in [-0.2, 0) is 4.79 Å². The molecular formula is C15H12ClFN2OS. The predicted octanol–water partition coefficient (Wildman–Crippen LogP) is 3.96. The molecule has 0 saturated carbocycles. The molecule has 1 aromatic carbocycles. The summed E-state index contributed by atoms with van der Waals surface area (Å²) < 4.78 is 14.1. The zero-order valence-corrected chi connectivity index (χ0v) is 12.8. The Labute approximate surface area is 131 Å². The van der Waals surface area contributed by atoms with Crippen LogP contribution in [0.2, 0.25) is 5.02 Å². The third-order valence-corrected chi connectivity index (χ3v) is 4.74. The zero-order chi connectivity index (χ0) is 15.0. The summed E-state index contributed by atoms with van der Waals surface area (Å²) >= 11 is 7.48. The molecule has 0 bridgehead atoms. The highest BCUT2D eigenvalue weighted by Crippen LogP contribution is 2.44. The van der Waals surface area contributed by atoms with Gasteiger partial charge in [0.05, 0.1) is 5.75 Å². The van der Waals surface area contributed by atoms with E-state index in [4.69, 9.17) is 11.6 Å². The van der Waals surface area contributed by atoms with Gasteiger partial charge in [-0.1, -0.05) is 23.7 Å². The van der Waals surface area contributed by atoms with Gasteiger partial charge in [0.15, 0.2) is 0 Å². The minimum Gasteiger partial charge on any atom is -0.279 e. The molecule has 2 aromatic rings. The van der Waals surface area contributed by atoms with Crippen molar-refractivity contribution in [1.82, 2.24) is 4.98 Å². The summed E-state index contributed by atoms with van der Waals surface area (Å²) in [6.07, 6.45) is 0. The van der Waals surface area contributed by atoms with E-state index in [0.29, 0.717) is 16.4 Å². The highest BCUT2D eigenvalue weighted by molar-refractivity contribution is 8.00. The monoisotopic (exact) mass is 322 g/mol. The van der Waals surface area contributed by atoms with E-state index in [1.807, 2.05) is 19.1 Å². The molecule has 1 aliphatic rings. The van der Waals surface area contributed by atoms with Crippen molar-refractivity contribution in [3.05, 3.63) is 58.5 Å². The summed E-state index contributed by atoms with van der Waals surface area (Å²) in [7, 11) is 0. The van der Waals surface area contributed by atoms with Crippen molar-refractivity contribution in [3.8, 4) is 0 Å². The first-order valence-corrected chi connectivity index (χ1v) is 7.82. The van der Waals surface area contributed by atoms with Crippen molar-refractivity contribution in [3.63, 3.8) is 0 Å². The molecule has 1 saturated heterocycles. The number of hydrogen-bond donors (Lipinski definition) is 0. The molecule has 1 amide bonds. The van der Waals surface area contributed by atoms with Crippen LogP contribution in [0.15, 0.2) is 36.4 Å². The maximum Gasteiger partial charge on any atom is 0.239 e. The standard InChI is InChI=1S/C15H12ClFN2OS/c1-9-4-2-7-12(18-9)19-13(20)8-21-15(19)14-10(16)5-3-6-11(14)17/h2-7,15H,8H2,1H3. The Morgan fingerprint density at radius 3 is 2.81 bits per heavy atom. The van der Waals surface area contributed by atoms with Gasteiger partial charge in [0, 0.05) is 16.3 Å². The van der Waals surface area contributed by atoms with E-state index in [0.717, 1.165) is 5.69 Å². The Hall–Kier alpha value is -1.59. The van der Waals surface area contributed by atoms with Gasteiger partial charge in [-0.3, -0.25) is 9.69 Å². The molecule has 1 atom stereocenters. The second kappa shape index (κ2) is 5.66. The summed E-state index contributed by atoms with van der Waals surface area (Å²) in [5, 5.41) is -0.166. The number of carbonyl (C=O) groups is 1.